The number of hydrogen-bond donors (Lipinski definition) is 0. The average molecular weight is 429 g/mol. The summed E-state index contributed by atoms with van der Waals surface area (Å²) in [5.74, 6) is -1.75. The predicted octanol–water partition coefficient (Wildman–Crippen LogP) is 2.68. The Labute approximate surface area is 169 Å². The number of amides is 1. The molecule has 3 aliphatic heterocycles. The Kier molecular flexibility index (Phi) is 5.65. The highest BCUT2D eigenvalue weighted by Crippen LogP contribution is 2.38. The number of rotatable bonds is 4. The summed E-state index contributed by atoms with van der Waals surface area (Å²) in [6.07, 6.45) is 4.80. The van der Waals surface area contributed by atoms with Gasteiger partial charge in [0.2, 0.25) is 15.9 Å². The standard InChI is InChI=1S/C20H26F2N2O4S/c1-13(25)24-15-3-4-16(24)12-18(11-15)28-17-6-8-23(9-7-17)29(26,27)20-5-2-14(21)10-19(20)22/h2,5,10,15-18H,3-4,6-9,11-12H2,1H3/t15-,16+,18?. The summed E-state index contributed by atoms with van der Waals surface area (Å²) in [7, 11) is -4.00. The Morgan fingerprint density at radius 2 is 1.66 bits per heavy atom. The Morgan fingerprint density at radius 3 is 2.21 bits per heavy atom. The molecule has 0 N–H and O–H groups in total. The van der Waals surface area contributed by atoms with E-state index in [9.17, 15) is 22.0 Å². The molecule has 4 rings (SSSR count). The number of carbonyl (C=O) groups is 1. The van der Waals surface area contributed by atoms with E-state index < -0.39 is 26.6 Å². The Hall–Kier alpha value is -1.58. The van der Waals surface area contributed by atoms with Gasteiger partial charge in [0.05, 0.1) is 12.2 Å². The van der Waals surface area contributed by atoms with Crippen molar-refractivity contribution in [2.24, 2.45) is 0 Å². The number of ether oxygens (including phenoxy) is 1. The largest absolute Gasteiger partial charge is 0.375 e. The molecule has 0 aliphatic carbocycles. The minimum absolute atomic E-state index is 0.0483. The maximum atomic E-state index is 14.0. The maximum absolute atomic E-state index is 14.0. The molecule has 3 fully saturated rings. The molecule has 160 valence electrons. The number of nitrogens with zero attached hydrogens (tertiary/aromatic N) is 2. The molecule has 9 heteroatoms. The maximum Gasteiger partial charge on any atom is 0.245 e. The van der Waals surface area contributed by atoms with Gasteiger partial charge in [0.1, 0.15) is 16.5 Å². The Morgan fingerprint density at radius 1 is 1.03 bits per heavy atom. The van der Waals surface area contributed by atoms with Gasteiger partial charge in [-0.05, 0) is 50.7 Å². The molecule has 0 spiro atoms. The molecule has 1 unspecified atom stereocenters. The van der Waals surface area contributed by atoms with Crippen LogP contribution in [0, 0.1) is 11.6 Å². The van der Waals surface area contributed by atoms with Gasteiger partial charge in [0.15, 0.2) is 0 Å². The SMILES string of the molecule is CC(=O)N1[C@@H]2CC[C@H]1CC(OC1CCN(S(=O)(=O)c3ccc(F)cc3F)CC1)C2. The minimum Gasteiger partial charge on any atom is -0.375 e. The molecular weight excluding hydrogens is 402 g/mol. The van der Waals surface area contributed by atoms with Crippen LogP contribution in [0.3, 0.4) is 0 Å². The van der Waals surface area contributed by atoms with Crippen LogP contribution in [0.15, 0.2) is 23.1 Å². The highest BCUT2D eigenvalue weighted by atomic mass is 32.2. The predicted molar refractivity (Wildman–Crippen MR) is 102 cm³/mol. The van der Waals surface area contributed by atoms with Crippen LogP contribution in [0.5, 0.6) is 0 Å². The molecule has 3 heterocycles. The molecule has 3 atom stereocenters. The molecule has 0 radical (unpaired) electrons. The number of sulfonamides is 1. The summed E-state index contributed by atoms with van der Waals surface area (Å²) in [5, 5.41) is 0. The van der Waals surface area contributed by atoms with Crippen LogP contribution in [-0.2, 0) is 19.6 Å². The van der Waals surface area contributed by atoms with E-state index >= 15 is 0 Å². The van der Waals surface area contributed by atoms with Crippen LogP contribution in [0.25, 0.3) is 0 Å². The van der Waals surface area contributed by atoms with Crippen LogP contribution < -0.4 is 0 Å². The molecule has 29 heavy (non-hydrogen) atoms. The first kappa shape index (κ1) is 20.7. The fourth-order valence-corrected chi connectivity index (χ4v) is 6.57. The van der Waals surface area contributed by atoms with Crippen LogP contribution in [0.4, 0.5) is 8.78 Å². The zero-order chi connectivity index (χ0) is 20.8. The van der Waals surface area contributed by atoms with Crippen molar-refractivity contribution < 1.29 is 26.7 Å². The van der Waals surface area contributed by atoms with Crippen molar-refractivity contribution in [2.45, 2.75) is 74.6 Å². The molecule has 0 saturated carbocycles. The molecule has 3 aliphatic rings. The van der Waals surface area contributed by atoms with Gasteiger partial charge >= 0.3 is 0 Å². The molecule has 3 saturated heterocycles. The molecule has 1 aromatic carbocycles. The van der Waals surface area contributed by atoms with E-state index in [4.69, 9.17) is 4.74 Å². The summed E-state index contributed by atoms with van der Waals surface area (Å²) in [6.45, 7) is 2.10. The first-order chi connectivity index (χ1) is 13.8. The number of piperidine rings is 2. The second-order valence-corrected chi connectivity index (χ2v) is 10.1. The van der Waals surface area contributed by atoms with Crippen molar-refractivity contribution in [3.05, 3.63) is 29.8 Å². The van der Waals surface area contributed by atoms with Gasteiger partial charge < -0.3 is 9.64 Å². The van der Waals surface area contributed by atoms with Gasteiger partial charge in [0.25, 0.3) is 0 Å². The molecule has 1 aromatic rings. The summed E-state index contributed by atoms with van der Waals surface area (Å²) in [5.41, 5.74) is 0. The van der Waals surface area contributed by atoms with E-state index in [1.807, 2.05) is 4.90 Å². The Balaban J connectivity index is 1.34. The monoisotopic (exact) mass is 428 g/mol. The number of benzene rings is 1. The van der Waals surface area contributed by atoms with Gasteiger partial charge in [-0.3, -0.25) is 4.79 Å². The lowest BCUT2D eigenvalue weighted by Gasteiger charge is -2.40. The highest BCUT2D eigenvalue weighted by Gasteiger charge is 2.43. The normalized spacial score (nSPS) is 28.7. The van der Waals surface area contributed by atoms with E-state index in [1.165, 1.54) is 4.31 Å². The number of halogens is 2. The van der Waals surface area contributed by atoms with Gasteiger partial charge in [-0.2, -0.15) is 4.31 Å². The fourth-order valence-electron chi connectivity index (χ4n) is 5.06. The van der Waals surface area contributed by atoms with Crippen molar-refractivity contribution in [3.63, 3.8) is 0 Å². The lowest BCUT2D eigenvalue weighted by molar-refractivity contribution is -0.138. The van der Waals surface area contributed by atoms with E-state index in [1.54, 1.807) is 6.92 Å². The topological polar surface area (TPSA) is 66.9 Å². The average Bonchev–Trinajstić information content (AvgIpc) is 2.93. The quantitative estimate of drug-likeness (QED) is 0.740. The first-order valence-electron chi connectivity index (χ1n) is 10.2. The third kappa shape index (κ3) is 4.04. The molecule has 1 amide bonds. The van der Waals surface area contributed by atoms with E-state index in [-0.39, 0.29) is 43.3 Å². The second-order valence-electron chi connectivity index (χ2n) is 8.22. The number of hydrogen-bond acceptors (Lipinski definition) is 4. The zero-order valence-electron chi connectivity index (χ0n) is 16.4. The minimum atomic E-state index is -4.00. The number of carbonyl (C=O) groups excluding carboxylic acids is 1. The van der Waals surface area contributed by atoms with Crippen LogP contribution in [-0.4, -0.2) is 60.9 Å². The summed E-state index contributed by atoms with van der Waals surface area (Å²) < 4.78 is 59.9. The van der Waals surface area contributed by atoms with Crippen LogP contribution in [0.1, 0.15) is 45.4 Å². The molecule has 0 aromatic heterocycles. The molecular formula is C20H26F2N2O4S. The summed E-state index contributed by atoms with van der Waals surface area (Å²) >= 11 is 0. The van der Waals surface area contributed by atoms with Crippen LogP contribution in [0.2, 0.25) is 0 Å². The van der Waals surface area contributed by atoms with Gasteiger partial charge in [-0.1, -0.05) is 0 Å². The lowest BCUT2D eigenvalue weighted by atomic mass is 9.98. The van der Waals surface area contributed by atoms with E-state index in [0.29, 0.717) is 18.9 Å². The van der Waals surface area contributed by atoms with Crippen molar-refractivity contribution in [1.29, 1.82) is 0 Å². The smallest absolute Gasteiger partial charge is 0.245 e. The zero-order valence-corrected chi connectivity index (χ0v) is 17.2. The van der Waals surface area contributed by atoms with Crippen molar-refractivity contribution in [3.8, 4) is 0 Å². The van der Waals surface area contributed by atoms with E-state index in [2.05, 4.69) is 0 Å². The van der Waals surface area contributed by atoms with Gasteiger partial charge in [0, 0.05) is 38.2 Å². The summed E-state index contributed by atoms with van der Waals surface area (Å²) in [4.78, 5) is 13.3. The highest BCUT2D eigenvalue weighted by molar-refractivity contribution is 7.89. The van der Waals surface area contributed by atoms with Gasteiger partial charge in [-0.15, -0.1) is 0 Å². The second kappa shape index (κ2) is 7.92. The third-order valence-electron chi connectivity index (χ3n) is 6.35. The summed E-state index contributed by atoms with van der Waals surface area (Å²) in [6, 6.07) is 3.01. The van der Waals surface area contributed by atoms with E-state index in [0.717, 1.165) is 37.8 Å². The first-order valence-corrected chi connectivity index (χ1v) is 11.6. The van der Waals surface area contributed by atoms with Crippen molar-refractivity contribution in [1.82, 2.24) is 9.21 Å². The molecule has 2 bridgehead atoms. The Bertz CT molecular complexity index is 872. The fraction of sp³-hybridized carbons (Fsp3) is 0.650. The lowest BCUT2D eigenvalue weighted by Crippen LogP contribution is -2.49. The molecule has 6 nitrogen and oxygen atoms in total. The van der Waals surface area contributed by atoms with Crippen molar-refractivity contribution in [2.75, 3.05) is 13.1 Å². The third-order valence-corrected chi connectivity index (χ3v) is 8.28. The van der Waals surface area contributed by atoms with Gasteiger partial charge in [-0.25, -0.2) is 17.2 Å². The number of fused-ring (bicyclic) bond motifs is 2. The van der Waals surface area contributed by atoms with Crippen LogP contribution >= 0.6 is 0 Å². The van der Waals surface area contributed by atoms with Crippen molar-refractivity contribution >= 4 is 15.9 Å².